The number of carbonyl (C=O) groups is 1. The minimum atomic E-state index is -1.51. The molecule has 2 fully saturated rings. The van der Waals surface area contributed by atoms with Gasteiger partial charge >= 0.3 is 6.09 Å². The topological polar surface area (TPSA) is 118 Å². The van der Waals surface area contributed by atoms with Crippen LogP contribution in [-0.4, -0.2) is 55.3 Å². The van der Waals surface area contributed by atoms with Gasteiger partial charge in [0.15, 0.2) is 23.9 Å². The summed E-state index contributed by atoms with van der Waals surface area (Å²) in [5.74, 6) is 1.04. The Morgan fingerprint density at radius 2 is 2.15 bits per heavy atom. The van der Waals surface area contributed by atoms with E-state index in [1.807, 2.05) is 13.0 Å². The van der Waals surface area contributed by atoms with E-state index in [-0.39, 0.29) is 17.6 Å². The van der Waals surface area contributed by atoms with Crippen LogP contribution in [0, 0.1) is 0 Å². The van der Waals surface area contributed by atoms with Gasteiger partial charge in [-0.2, -0.15) is 10.2 Å². The fourth-order valence-corrected chi connectivity index (χ4v) is 3.72. The second-order valence-electron chi connectivity index (χ2n) is 10.0. The number of alkyl halides is 1. The maximum atomic E-state index is 15.0. The zero-order valence-electron chi connectivity index (χ0n) is 19.1. The molecule has 3 N–H and O–H groups in total. The highest BCUT2D eigenvalue weighted by Gasteiger charge is 2.44. The summed E-state index contributed by atoms with van der Waals surface area (Å²) in [6.07, 6.45) is 1.21. The standard InChI is InChI=1S/C22H28FN7O3/c1-21(2,3)15-10-13-19(24-7-8-30(13)29-15)25-16-9-12(27-28-16)18-17(23)14(11-32-18)33-20(31)26-22(4)5-6-22/h7-10,14,17-18H,5-6,11H2,1-4H3,(H,26,31)(H2,24,25,27,28)/t14-,17+,18-/m1/s1. The number of nitrogens with zero attached hydrogens (tertiary/aromatic N) is 4. The Bertz CT molecular complexity index is 1180. The SMILES string of the molecule is CC1(NC(=O)O[C@@H]2CO[C@H](c3cc(Nc4nccn5nc(C(C)(C)C)cc45)n[nH]3)[C@H]2F)CC1. The minimum absolute atomic E-state index is 0.0238. The van der Waals surface area contributed by atoms with Gasteiger partial charge in [0.05, 0.1) is 18.0 Å². The summed E-state index contributed by atoms with van der Waals surface area (Å²) in [5, 5.41) is 17.6. The molecule has 11 heteroatoms. The summed E-state index contributed by atoms with van der Waals surface area (Å²) in [7, 11) is 0. The number of nitrogens with one attached hydrogen (secondary N) is 3. The van der Waals surface area contributed by atoms with Crippen LogP contribution in [-0.2, 0) is 14.9 Å². The summed E-state index contributed by atoms with van der Waals surface area (Å²) in [4.78, 5) is 16.4. The number of carbonyl (C=O) groups excluding carboxylic acids is 1. The molecule has 0 radical (unpaired) electrons. The first kappa shape index (κ1) is 21.6. The normalized spacial score (nSPS) is 24.1. The van der Waals surface area contributed by atoms with Crippen LogP contribution in [0.1, 0.15) is 58.0 Å². The molecule has 3 aromatic heterocycles. The number of aromatic nitrogens is 5. The number of alkyl carbamates (subject to hydrolysis) is 1. The van der Waals surface area contributed by atoms with Gasteiger partial charge in [0.1, 0.15) is 11.6 Å². The maximum absolute atomic E-state index is 15.0. The van der Waals surface area contributed by atoms with Gasteiger partial charge in [-0.3, -0.25) is 5.10 Å². The molecule has 1 amide bonds. The molecule has 1 aliphatic carbocycles. The van der Waals surface area contributed by atoms with Crippen molar-refractivity contribution < 1.29 is 18.7 Å². The van der Waals surface area contributed by atoms with E-state index in [1.54, 1.807) is 23.0 Å². The third-order valence-electron chi connectivity index (χ3n) is 6.06. The number of anilines is 2. The largest absolute Gasteiger partial charge is 0.441 e. The molecule has 176 valence electrons. The molecule has 1 saturated carbocycles. The van der Waals surface area contributed by atoms with Crippen LogP contribution in [0.3, 0.4) is 0 Å². The monoisotopic (exact) mass is 457 g/mol. The maximum Gasteiger partial charge on any atom is 0.408 e. The molecule has 3 atom stereocenters. The predicted octanol–water partition coefficient (Wildman–Crippen LogP) is 3.55. The van der Waals surface area contributed by atoms with Crippen LogP contribution in [0.25, 0.3) is 5.52 Å². The number of hydrogen-bond donors (Lipinski definition) is 3. The fourth-order valence-electron chi connectivity index (χ4n) is 3.72. The van der Waals surface area contributed by atoms with Crippen LogP contribution in [0.4, 0.5) is 20.8 Å². The van der Waals surface area contributed by atoms with Crippen molar-refractivity contribution in [3.63, 3.8) is 0 Å². The highest BCUT2D eigenvalue weighted by Crippen LogP contribution is 2.36. The lowest BCUT2D eigenvalue weighted by molar-refractivity contribution is 0.0604. The summed E-state index contributed by atoms with van der Waals surface area (Å²) in [5.41, 5.74) is 1.85. The van der Waals surface area contributed by atoms with Crippen LogP contribution >= 0.6 is 0 Å². The molecule has 10 nitrogen and oxygen atoms in total. The van der Waals surface area contributed by atoms with Gasteiger partial charge in [-0.1, -0.05) is 20.8 Å². The second-order valence-corrected chi connectivity index (χ2v) is 10.0. The van der Waals surface area contributed by atoms with Crippen molar-refractivity contribution in [1.82, 2.24) is 30.1 Å². The highest BCUT2D eigenvalue weighted by atomic mass is 19.1. The van der Waals surface area contributed by atoms with Gasteiger partial charge in [-0.05, 0) is 25.8 Å². The van der Waals surface area contributed by atoms with Gasteiger partial charge in [0.25, 0.3) is 0 Å². The average Bonchev–Trinajstić information content (AvgIpc) is 3.13. The van der Waals surface area contributed by atoms with Crippen molar-refractivity contribution in [2.45, 2.75) is 69.9 Å². The van der Waals surface area contributed by atoms with Gasteiger partial charge < -0.3 is 20.1 Å². The molecular weight excluding hydrogens is 429 g/mol. The minimum Gasteiger partial charge on any atom is -0.441 e. The van der Waals surface area contributed by atoms with E-state index in [1.165, 1.54) is 0 Å². The molecule has 33 heavy (non-hydrogen) atoms. The first-order chi connectivity index (χ1) is 15.6. The first-order valence-corrected chi connectivity index (χ1v) is 11.0. The molecule has 0 bridgehead atoms. The molecular formula is C22H28FN7O3. The van der Waals surface area contributed by atoms with Crippen molar-refractivity contribution in [1.29, 1.82) is 0 Å². The Hall–Kier alpha value is -3.21. The number of fused-ring (bicyclic) bond motifs is 1. The molecule has 0 aromatic carbocycles. The summed E-state index contributed by atoms with van der Waals surface area (Å²) in [6.45, 7) is 8.19. The zero-order chi connectivity index (χ0) is 23.4. The summed E-state index contributed by atoms with van der Waals surface area (Å²) in [6, 6.07) is 3.65. The van der Waals surface area contributed by atoms with Crippen molar-refractivity contribution >= 4 is 23.2 Å². The van der Waals surface area contributed by atoms with Gasteiger partial charge in [-0.15, -0.1) is 0 Å². The number of ether oxygens (including phenoxy) is 2. The number of aromatic amines is 1. The molecule has 3 aromatic rings. The van der Waals surface area contributed by atoms with Crippen molar-refractivity contribution in [3.05, 3.63) is 35.9 Å². The first-order valence-electron chi connectivity index (χ1n) is 11.0. The smallest absolute Gasteiger partial charge is 0.408 e. The number of hydrogen-bond acceptors (Lipinski definition) is 7. The van der Waals surface area contributed by atoms with E-state index in [0.29, 0.717) is 17.3 Å². The van der Waals surface area contributed by atoms with E-state index in [0.717, 1.165) is 24.1 Å². The number of halogens is 1. The molecule has 1 saturated heterocycles. The Morgan fingerprint density at radius 3 is 2.88 bits per heavy atom. The van der Waals surface area contributed by atoms with Gasteiger partial charge in [0.2, 0.25) is 0 Å². The van der Waals surface area contributed by atoms with Gasteiger partial charge in [-0.25, -0.2) is 18.7 Å². The van der Waals surface area contributed by atoms with Crippen molar-refractivity contribution in [2.24, 2.45) is 0 Å². The average molecular weight is 458 g/mol. The third kappa shape index (κ3) is 4.37. The number of amides is 1. The highest BCUT2D eigenvalue weighted by molar-refractivity contribution is 5.72. The molecule has 2 aliphatic rings. The molecule has 1 aliphatic heterocycles. The number of rotatable bonds is 5. The lowest BCUT2D eigenvalue weighted by atomic mass is 9.92. The summed E-state index contributed by atoms with van der Waals surface area (Å²) >= 11 is 0. The van der Waals surface area contributed by atoms with Crippen LogP contribution < -0.4 is 10.6 Å². The predicted molar refractivity (Wildman–Crippen MR) is 118 cm³/mol. The molecule has 0 unspecified atom stereocenters. The lowest BCUT2D eigenvalue weighted by Crippen LogP contribution is -2.39. The van der Waals surface area contributed by atoms with Crippen LogP contribution in [0.15, 0.2) is 24.5 Å². The Balaban J connectivity index is 1.27. The Morgan fingerprint density at radius 1 is 1.36 bits per heavy atom. The lowest BCUT2D eigenvalue weighted by Gasteiger charge is -2.17. The van der Waals surface area contributed by atoms with E-state index in [4.69, 9.17) is 9.47 Å². The zero-order valence-corrected chi connectivity index (χ0v) is 19.1. The molecule has 5 rings (SSSR count). The van der Waals surface area contributed by atoms with Crippen molar-refractivity contribution in [3.8, 4) is 0 Å². The second kappa shape index (κ2) is 7.68. The quantitative estimate of drug-likeness (QED) is 0.536. The summed E-state index contributed by atoms with van der Waals surface area (Å²) < 4.78 is 27.6. The van der Waals surface area contributed by atoms with Crippen molar-refractivity contribution in [2.75, 3.05) is 11.9 Å². The van der Waals surface area contributed by atoms with Gasteiger partial charge in [0, 0.05) is 29.4 Å². The van der Waals surface area contributed by atoms with E-state index in [9.17, 15) is 9.18 Å². The Labute approximate surface area is 190 Å². The molecule has 0 spiro atoms. The van der Waals surface area contributed by atoms with Crippen LogP contribution in [0.5, 0.6) is 0 Å². The van der Waals surface area contributed by atoms with E-state index < -0.39 is 24.5 Å². The Kier molecular flexibility index (Phi) is 5.04. The van der Waals surface area contributed by atoms with E-state index >= 15 is 0 Å². The third-order valence-corrected chi connectivity index (χ3v) is 6.06. The van der Waals surface area contributed by atoms with E-state index in [2.05, 4.69) is 51.7 Å². The fraction of sp³-hybridized carbons (Fsp3) is 0.545. The number of H-pyrrole nitrogens is 1. The van der Waals surface area contributed by atoms with Crippen LogP contribution in [0.2, 0.25) is 0 Å². The molecule has 4 heterocycles.